The lowest BCUT2D eigenvalue weighted by atomic mass is 10.1. The maximum atomic E-state index is 13.0. The molecule has 0 spiro atoms. The van der Waals surface area contributed by atoms with E-state index in [9.17, 15) is 13.2 Å². The number of hydrogen-bond acceptors (Lipinski definition) is 3. The molecular weight excluding hydrogens is 257 g/mol. The van der Waals surface area contributed by atoms with Gasteiger partial charge in [-0.3, -0.25) is 0 Å². The molecule has 0 atom stereocenters. The van der Waals surface area contributed by atoms with E-state index in [1.165, 1.54) is 0 Å². The van der Waals surface area contributed by atoms with E-state index in [0.717, 1.165) is 15.8 Å². The first-order valence-corrected chi connectivity index (χ1v) is 5.67. The van der Waals surface area contributed by atoms with Crippen LogP contribution in [0.2, 0.25) is 0 Å². The number of aryl methyl sites for hydroxylation is 1. The average molecular weight is 270 g/mol. The van der Waals surface area contributed by atoms with Gasteiger partial charge in [0, 0.05) is 6.54 Å². The monoisotopic (exact) mass is 270 g/mol. The van der Waals surface area contributed by atoms with Gasteiger partial charge >= 0.3 is 6.18 Å². The molecule has 2 N–H and O–H groups in total. The van der Waals surface area contributed by atoms with Gasteiger partial charge in [0.2, 0.25) is 0 Å². The van der Waals surface area contributed by atoms with E-state index in [1.807, 2.05) is 19.1 Å². The summed E-state index contributed by atoms with van der Waals surface area (Å²) in [4.78, 5) is 0. The number of halogens is 3. The summed E-state index contributed by atoms with van der Waals surface area (Å²) in [5.41, 5.74) is 5.82. The molecule has 1 aromatic carbocycles. The maximum Gasteiger partial charge on any atom is 0.434 e. The molecular formula is C12H13F3N4. The van der Waals surface area contributed by atoms with Crippen LogP contribution in [0.3, 0.4) is 0 Å². The number of nitrogens with two attached hydrogens (primary N) is 1. The van der Waals surface area contributed by atoms with E-state index in [0.29, 0.717) is 0 Å². The topological polar surface area (TPSA) is 56.7 Å². The summed E-state index contributed by atoms with van der Waals surface area (Å²) in [6, 6.07) is 7.20. The largest absolute Gasteiger partial charge is 0.434 e. The molecule has 1 aromatic heterocycles. The first kappa shape index (κ1) is 13.5. The zero-order valence-corrected chi connectivity index (χ0v) is 10.3. The second-order valence-corrected chi connectivity index (χ2v) is 4.17. The lowest BCUT2D eigenvalue weighted by Gasteiger charge is -2.11. The highest BCUT2D eigenvalue weighted by Crippen LogP contribution is 2.31. The lowest BCUT2D eigenvalue weighted by molar-refractivity contribution is -0.144. The van der Waals surface area contributed by atoms with Crippen LogP contribution in [0.15, 0.2) is 24.3 Å². The fourth-order valence-corrected chi connectivity index (χ4v) is 1.86. The first-order valence-electron chi connectivity index (χ1n) is 5.67. The molecule has 0 aliphatic carbocycles. The number of alkyl halides is 3. The van der Waals surface area contributed by atoms with Gasteiger partial charge < -0.3 is 5.73 Å². The maximum absolute atomic E-state index is 13.0. The molecule has 102 valence electrons. The van der Waals surface area contributed by atoms with Gasteiger partial charge in [0.25, 0.3) is 0 Å². The lowest BCUT2D eigenvalue weighted by Crippen LogP contribution is -2.18. The Labute approximate surface area is 108 Å². The van der Waals surface area contributed by atoms with E-state index in [1.54, 1.807) is 12.1 Å². The summed E-state index contributed by atoms with van der Waals surface area (Å²) in [5.74, 6) is 0. The second kappa shape index (κ2) is 5.00. The Morgan fingerprint density at radius 2 is 1.95 bits per heavy atom. The Bertz CT molecular complexity index is 575. The van der Waals surface area contributed by atoms with Crippen LogP contribution in [-0.2, 0) is 19.3 Å². The van der Waals surface area contributed by atoms with Gasteiger partial charge in [-0.2, -0.15) is 13.2 Å². The average Bonchev–Trinajstić information content (AvgIpc) is 2.75. The van der Waals surface area contributed by atoms with E-state index >= 15 is 0 Å². The van der Waals surface area contributed by atoms with E-state index in [2.05, 4.69) is 10.3 Å². The van der Waals surface area contributed by atoms with Crippen molar-refractivity contribution < 1.29 is 13.2 Å². The number of nitrogens with zero attached hydrogens (tertiary/aromatic N) is 3. The van der Waals surface area contributed by atoms with Gasteiger partial charge in [0.05, 0.1) is 6.54 Å². The van der Waals surface area contributed by atoms with Gasteiger partial charge in [-0.1, -0.05) is 29.5 Å². The fourth-order valence-electron chi connectivity index (χ4n) is 1.86. The minimum atomic E-state index is -4.51. The number of rotatable bonds is 3. The molecule has 0 bridgehead atoms. The Hall–Kier alpha value is -1.89. The van der Waals surface area contributed by atoms with Crippen molar-refractivity contribution in [2.75, 3.05) is 0 Å². The highest BCUT2D eigenvalue weighted by atomic mass is 19.4. The number of benzene rings is 1. The summed E-state index contributed by atoms with van der Waals surface area (Å²) >= 11 is 0. The molecule has 0 amide bonds. The molecule has 0 aliphatic rings. The normalized spacial score (nSPS) is 11.8. The van der Waals surface area contributed by atoms with Crippen molar-refractivity contribution >= 4 is 0 Å². The van der Waals surface area contributed by atoms with Crippen molar-refractivity contribution in [2.24, 2.45) is 5.73 Å². The predicted molar refractivity (Wildman–Crippen MR) is 63.2 cm³/mol. The standard InChI is InChI=1S/C12H13F3N4/c1-8-4-2-3-5-9(8)7-19-11(12(13,14)15)10(6-16)17-18-19/h2-5H,6-7,16H2,1H3. The highest BCUT2D eigenvalue weighted by Gasteiger charge is 2.38. The molecule has 0 fully saturated rings. The Morgan fingerprint density at radius 1 is 1.26 bits per heavy atom. The summed E-state index contributed by atoms with van der Waals surface area (Å²) in [6.07, 6.45) is -4.51. The van der Waals surface area contributed by atoms with Gasteiger partial charge in [0.1, 0.15) is 5.69 Å². The molecule has 0 saturated carbocycles. The van der Waals surface area contributed by atoms with Crippen molar-refractivity contribution in [3.8, 4) is 0 Å². The van der Waals surface area contributed by atoms with E-state index in [-0.39, 0.29) is 18.8 Å². The van der Waals surface area contributed by atoms with Gasteiger partial charge in [0.15, 0.2) is 5.69 Å². The Balaban J connectivity index is 2.42. The van der Waals surface area contributed by atoms with Crippen LogP contribution in [0.1, 0.15) is 22.5 Å². The molecule has 4 nitrogen and oxygen atoms in total. The van der Waals surface area contributed by atoms with Crippen LogP contribution < -0.4 is 5.73 Å². The van der Waals surface area contributed by atoms with E-state index < -0.39 is 11.9 Å². The van der Waals surface area contributed by atoms with Crippen LogP contribution in [0.25, 0.3) is 0 Å². The summed E-state index contributed by atoms with van der Waals surface area (Å²) in [7, 11) is 0. The molecule has 0 saturated heterocycles. The molecule has 0 radical (unpaired) electrons. The minimum absolute atomic E-state index is 0.0223. The summed E-state index contributed by atoms with van der Waals surface area (Å²) < 4.78 is 39.8. The zero-order valence-electron chi connectivity index (χ0n) is 10.3. The van der Waals surface area contributed by atoms with E-state index in [4.69, 9.17) is 5.73 Å². The van der Waals surface area contributed by atoms with Gasteiger partial charge in [-0.05, 0) is 18.1 Å². The molecule has 2 aromatic rings. The van der Waals surface area contributed by atoms with Crippen molar-refractivity contribution in [1.82, 2.24) is 15.0 Å². The first-order chi connectivity index (χ1) is 8.93. The quantitative estimate of drug-likeness (QED) is 0.929. The number of hydrogen-bond donors (Lipinski definition) is 1. The molecule has 0 aliphatic heterocycles. The zero-order chi connectivity index (χ0) is 14.0. The van der Waals surface area contributed by atoms with Crippen molar-refractivity contribution in [1.29, 1.82) is 0 Å². The highest BCUT2D eigenvalue weighted by molar-refractivity contribution is 5.26. The molecule has 7 heteroatoms. The van der Waals surface area contributed by atoms with Crippen molar-refractivity contribution in [3.05, 3.63) is 46.8 Å². The van der Waals surface area contributed by atoms with Crippen LogP contribution in [0, 0.1) is 6.92 Å². The van der Waals surface area contributed by atoms with Gasteiger partial charge in [-0.15, -0.1) is 5.10 Å². The third kappa shape index (κ3) is 2.76. The van der Waals surface area contributed by atoms with Crippen molar-refractivity contribution in [2.45, 2.75) is 26.2 Å². The fraction of sp³-hybridized carbons (Fsp3) is 0.333. The molecule has 19 heavy (non-hydrogen) atoms. The summed E-state index contributed by atoms with van der Waals surface area (Å²) in [5, 5.41) is 7.05. The van der Waals surface area contributed by atoms with Crippen LogP contribution in [-0.4, -0.2) is 15.0 Å². The van der Waals surface area contributed by atoms with Crippen LogP contribution >= 0.6 is 0 Å². The van der Waals surface area contributed by atoms with Crippen LogP contribution in [0.5, 0.6) is 0 Å². The van der Waals surface area contributed by atoms with Gasteiger partial charge in [-0.25, -0.2) is 4.68 Å². The molecule has 2 rings (SSSR count). The summed E-state index contributed by atoms with van der Waals surface area (Å²) in [6.45, 7) is 1.57. The Kier molecular flexibility index (Phi) is 3.57. The third-order valence-corrected chi connectivity index (χ3v) is 2.85. The van der Waals surface area contributed by atoms with Crippen LogP contribution in [0.4, 0.5) is 13.2 Å². The Morgan fingerprint density at radius 3 is 2.53 bits per heavy atom. The number of aromatic nitrogens is 3. The second-order valence-electron chi connectivity index (χ2n) is 4.17. The smallest absolute Gasteiger partial charge is 0.325 e. The predicted octanol–water partition coefficient (Wildman–Crippen LogP) is 2.11. The van der Waals surface area contributed by atoms with Crippen molar-refractivity contribution in [3.63, 3.8) is 0 Å². The SMILES string of the molecule is Cc1ccccc1Cn1nnc(CN)c1C(F)(F)F. The third-order valence-electron chi connectivity index (χ3n) is 2.85. The minimum Gasteiger partial charge on any atom is -0.325 e. The molecule has 1 heterocycles. The molecule has 0 unspecified atom stereocenters.